The predicted octanol–water partition coefficient (Wildman–Crippen LogP) is -1.13. The highest BCUT2D eigenvalue weighted by molar-refractivity contribution is 7.81. The number of thiol groups is 1. The van der Waals surface area contributed by atoms with Crippen LogP contribution in [0.2, 0.25) is 0 Å². The zero-order chi connectivity index (χ0) is 7.49. The molecule has 0 aromatic heterocycles. The molecule has 9 heavy (non-hydrogen) atoms. The van der Waals surface area contributed by atoms with Gasteiger partial charge in [-0.05, 0) is 12.6 Å². The summed E-state index contributed by atoms with van der Waals surface area (Å²) in [6.45, 7) is 0. The third kappa shape index (κ3) is 2.16. The van der Waals surface area contributed by atoms with E-state index in [0.717, 1.165) is 0 Å². The summed E-state index contributed by atoms with van der Waals surface area (Å²) in [5.74, 6) is 0. The molecule has 0 amide bonds. The van der Waals surface area contributed by atoms with Crippen molar-refractivity contribution in [2.24, 2.45) is 0 Å². The van der Waals surface area contributed by atoms with E-state index in [0.29, 0.717) is 0 Å². The summed E-state index contributed by atoms with van der Waals surface area (Å²) >= 11 is 3.08. The molecule has 0 aliphatic rings. The summed E-state index contributed by atoms with van der Waals surface area (Å²) in [5.41, 5.74) is 0. The summed E-state index contributed by atoms with van der Waals surface area (Å²) in [5, 5.41) is 24.7. The quantitative estimate of drug-likeness (QED) is 0.115. The van der Waals surface area contributed by atoms with Crippen LogP contribution in [-0.2, 0) is 0 Å². The van der Waals surface area contributed by atoms with Gasteiger partial charge in [-0.3, -0.25) is 10.1 Å². The molecule has 0 saturated heterocycles. The zero-order valence-electron chi connectivity index (χ0n) is 4.11. The Morgan fingerprint density at radius 2 is 2.44 bits per heavy atom. The lowest BCUT2D eigenvalue weighted by molar-refractivity contribution is -0.593. The molecule has 0 aromatic carbocycles. The van der Waals surface area contributed by atoms with Crippen molar-refractivity contribution in [3.05, 3.63) is 10.1 Å². The minimum absolute atomic E-state index is 1.14. The van der Waals surface area contributed by atoms with Gasteiger partial charge in [0.1, 0.15) is 0 Å². The van der Waals surface area contributed by atoms with E-state index in [1.807, 2.05) is 0 Å². The first-order chi connectivity index (χ1) is 4.00. The van der Waals surface area contributed by atoms with Crippen LogP contribution in [0.15, 0.2) is 0 Å². The third-order valence-corrected chi connectivity index (χ3v) is 0.753. The molecular formula is C2H3N3O3S. The number of rotatable bonds is 2. The maximum Gasteiger partial charge on any atom is 0.461 e. The number of hydrogen-bond acceptors (Lipinski definition) is 6. The van der Waals surface area contributed by atoms with Crippen molar-refractivity contribution in [1.29, 1.82) is 5.26 Å². The highest BCUT2D eigenvalue weighted by Gasteiger charge is 2.34. The van der Waals surface area contributed by atoms with Crippen LogP contribution >= 0.6 is 12.6 Å². The Hall–Kier alpha value is -1.00. The number of hydrogen-bond donors (Lipinski definition) is 3. The van der Waals surface area contributed by atoms with Crippen molar-refractivity contribution in [2.75, 3.05) is 0 Å². The van der Waals surface area contributed by atoms with E-state index in [-0.39, 0.29) is 0 Å². The molecule has 1 unspecified atom stereocenters. The standard InChI is InChI=1S/C2H3N3O3S/c3-1-4-2(6,9)5(7)8/h4,6,9H. The summed E-state index contributed by atoms with van der Waals surface area (Å²) in [7, 11) is 0. The van der Waals surface area contributed by atoms with Gasteiger partial charge in [-0.1, -0.05) is 0 Å². The van der Waals surface area contributed by atoms with Gasteiger partial charge >= 0.3 is 5.18 Å². The molecule has 0 aliphatic carbocycles. The molecule has 7 heteroatoms. The second kappa shape index (κ2) is 2.52. The number of nitrogens with zero attached hydrogens (tertiary/aromatic N) is 2. The number of nitro groups is 1. The van der Waals surface area contributed by atoms with E-state index in [2.05, 4.69) is 12.6 Å². The van der Waals surface area contributed by atoms with Crippen molar-refractivity contribution in [2.45, 2.75) is 5.18 Å². The second-order valence-electron chi connectivity index (χ2n) is 1.13. The van der Waals surface area contributed by atoms with Gasteiger partial charge < -0.3 is 5.11 Å². The maximum atomic E-state index is 9.68. The van der Waals surface area contributed by atoms with Crippen molar-refractivity contribution >= 4 is 12.6 Å². The van der Waals surface area contributed by atoms with Crippen LogP contribution in [-0.4, -0.2) is 15.2 Å². The van der Waals surface area contributed by atoms with E-state index < -0.39 is 10.1 Å². The van der Waals surface area contributed by atoms with Gasteiger partial charge in [0.05, 0.1) is 4.92 Å². The Labute approximate surface area is 55.6 Å². The molecule has 0 spiro atoms. The van der Waals surface area contributed by atoms with E-state index >= 15 is 0 Å². The van der Waals surface area contributed by atoms with Crippen LogP contribution in [0, 0.1) is 21.6 Å². The van der Waals surface area contributed by atoms with Gasteiger partial charge in [-0.25, -0.2) is 5.32 Å². The van der Waals surface area contributed by atoms with E-state index in [1.54, 1.807) is 0 Å². The molecule has 0 aliphatic heterocycles. The number of nitriles is 1. The van der Waals surface area contributed by atoms with Gasteiger partial charge in [0, 0.05) is 0 Å². The maximum absolute atomic E-state index is 9.68. The Balaban J connectivity index is 4.06. The third-order valence-electron chi connectivity index (χ3n) is 0.478. The Bertz CT molecular complexity index is 161. The molecule has 0 fully saturated rings. The first-order valence-corrected chi connectivity index (χ1v) is 2.21. The summed E-state index contributed by atoms with van der Waals surface area (Å²) in [6, 6.07) is 0. The first kappa shape index (κ1) is 8.00. The topological polar surface area (TPSA) is 99.2 Å². The van der Waals surface area contributed by atoms with E-state index in [1.165, 1.54) is 11.5 Å². The van der Waals surface area contributed by atoms with Crippen molar-refractivity contribution < 1.29 is 10.0 Å². The Morgan fingerprint density at radius 3 is 2.56 bits per heavy atom. The van der Waals surface area contributed by atoms with Crippen LogP contribution in [0.3, 0.4) is 0 Å². The molecule has 0 aromatic rings. The van der Waals surface area contributed by atoms with Crippen LogP contribution in [0.25, 0.3) is 0 Å². The van der Waals surface area contributed by atoms with Crippen molar-refractivity contribution in [3.8, 4) is 6.19 Å². The predicted molar refractivity (Wildman–Crippen MR) is 29.7 cm³/mol. The first-order valence-electron chi connectivity index (χ1n) is 1.76. The monoisotopic (exact) mass is 149 g/mol. The molecular weight excluding hydrogens is 146 g/mol. The van der Waals surface area contributed by atoms with Crippen molar-refractivity contribution in [1.82, 2.24) is 5.32 Å². The lowest BCUT2D eigenvalue weighted by atomic mass is 10.9. The highest BCUT2D eigenvalue weighted by atomic mass is 32.1. The normalized spacial score (nSPS) is 15.2. The minimum atomic E-state index is -2.64. The molecule has 2 N–H and O–H groups in total. The molecule has 0 saturated carbocycles. The summed E-state index contributed by atoms with van der Waals surface area (Å²) in [6.07, 6.45) is 1.17. The van der Waals surface area contributed by atoms with Crippen LogP contribution in [0.4, 0.5) is 0 Å². The number of nitrogens with one attached hydrogen (secondary N) is 1. The Morgan fingerprint density at radius 1 is 2.00 bits per heavy atom. The molecule has 0 bridgehead atoms. The number of aliphatic hydroxyl groups is 1. The van der Waals surface area contributed by atoms with E-state index in [9.17, 15) is 10.1 Å². The highest BCUT2D eigenvalue weighted by Crippen LogP contribution is 2.03. The summed E-state index contributed by atoms with van der Waals surface area (Å²) < 4.78 is 0. The average molecular weight is 149 g/mol. The van der Waals surface area contributed by atoms with Gasteiger partial charge in [-0.15, -0.1) is 0 Å². The van der Waals surface area contributed by atoms with Crippen molar-refractivity contribution in [3.63, 3.8) is 0 Å². The van der Waals surface area contributed by atoms with Gasteiger partial charge in [0.15, 0.2) is 6.19 Å². The molecule has 6 nitrogen and oxygen atoms in total. The second-order valence-corrected chi connectivity index (χ2v) is 1.75. The molecule has 50 valence electrons. The lowest BCUT2D eigenvalue weighted by Crippen LogP contribution is -2.44. The average Bonchev–Trinajstić information content (AvgIpc) is 1.65. The molecule has 0 radical (unpaired) electrons. The largest absolute Gasteiger partial charge is 0.461 e. The van der Waals surface area contributed by atoms with Gasteiger partial charge in [0.25, 0.3) is 0 Å². The molecule has 1 atom stereocenters. The van der Waals surface area contributed by atoms with Crippen LogP contribution < -0.4 is 5.32 Å². The molecule has 0 heterocycles. The molecule has 0 rings (SSSR count). The van der Waals surface area contributed by atoms with Crippen LogP contribution in [0.1, 0.15) is 0 Å². The van der Waals surface area contributed by atoms with E-state index in [4.69, 9.17) is 10.4 Å². The Kier molecular flexibility index (Phi) is 2.24. The van der Waals surface area contributed by atoms with Gasteiger partial charge in [0.2, 0.25) is 0 Å². The van der Waals surface area contributed by atoms with Crippen LogP contribution in [0.5, 0.6) is 0 Å². The fraction of sp³-hybridized carbons (Fsp3) is 0.500. The fourth-order valence-electron chi connectivity index (χ4n) is 0.121. The lowest BCUT2D eigenvalue weighted by Gasteiger charge is -2.07. The zero-order valence-corrected chi connectivity index (χ0v) is 5.00. The SMILES string of the molecule is N#CNC(O)(S)[N+](=O)[O-]. The minimum Gasteiger partial charge on any atom is -0.303 e. The van der Waals surface area contributed by atoms with Gasteiger partial charge in [-0.2, -0.15) is 5.26 Å². The smallest absolute Gasteiger partial charge is 0.303 e. The summed E-state index contributed by atoms with van der Waals surface area (Å²) in [4.78, 5) is 8.54. The fourth-order valence-corrected chi connectivity index (χ4v) is 0.171.